The second-order valence-electron chi connectivity index (χ2n) is 9.03. The summed E-state index contributed by atoms with van der Waals surface area (Å²) in [6, 6.07) is 15.6. The number of amides is 1. The summed E-state index contributed by atoms with van der Waals surface area (Å²) in [5.41, 5.74) is 1.89. The molecule has 1 amide bonds. The first-order valence-corrected chi connectivity index (χ1v) is 13.3. The van der Waals surface area contributed by atoms with Gasteiger partial charge in [0.15, 0.2) is 0 Å². The Morgan fingerprint density at radius 3 is 2.59 bits per heavy atom. The third-order valence-electron chi connectivity index (χ3n) is 6.68. The highest BCUT2D eigenvalue weighted by atomic mass is 35.5. The zero-order valence-corrected chi connectivity index (χ0v) is 22.3. The number of hydrogen-bond acceptors (Lipinski definition) is 8. The molecular weight excluding hydrogens is 544 g/mol. The summed E-state index contributed by atoms with van der Waals surface area (Å²) in [6.07, 6.45) is 0.717. The van der Waals surface area contributed by atoms with Gasteiger partial charge in [-0.25, -0.2) is 4.98 Å². The van der Waals surface area contributed by atoms with Gasteiger partial charge in [-0.05, 0) is 49.2 Å². The van der Waals surface area contributed by atoms with Crippen molar-refractivity contribution in [3.63, 3.8) is 0 Å². The second kappa shape index (κ2) is 10.9. The molecule has 0 spiro atoms. The number of carbonyl (C=O) groups is 2. The molecule has 1 saturated heterocycles. The van der Waals surface area contributed by atoms with Crippen LogP contribution >= 0.6 is 22.9 Å². The number of benzene rings is 3. The van der Waals surface area contributed by atoms with Crippen LogP contribution in [0.25, 0.3) is 20.8 Å². The number of nitro benzene ring substituents is 1. The molecule has 1 aliphatic heterocycles. The minimum atomic E-state index is -0.878. The quantitative estimate of drug-likeness (QED) is 0.203. The van der Waals surface area contributed by atoms with Gasteiger partial charge in [0.2, 0.25) is 0 Å². The lowest BCUT2D eigenvalue weighted by atomic mass is 9.96. The normalized spacial score (nSPS) is 13.8. The number of piperidine rings is 1. The van der Waals surface area contributed by atoms with E-state index in [4.69, 9.17) is 16.3 Å². The van der Waals surface area contributed by atoms with Gasteiger partial charge in [0, 0.05) is 24.7 Å². The molecule has 5 rings (SSSR count). The number of fused-ring (bicyclic) bond motifs is 1. The number of rotatable bonds is 7. The molecule has 2 heterocycles. The summed E-state index contributed by atoms with van der Waals surface area (Å²) in [5, 5.41) is 24.8. The zero-order valence-electron chi connectivity index (χ0n) is 20.7. The van der Waals surface area contributed by atoms with Gasteiger partial charge in [0.25, 0.3) is 11.6 Å². The molecule has 0 radical (unpaired) electrons. The predicted molar refractivity (Wildman–Crippen MR) is 150 cm³/mol. The van der Waals surface area contributed by atoms with Crippen molar-refractivity contribution in [2.24, 2.45) is 5.92 Å². The Kier molecular flexibility index (Phi) is 7.36. The molecule has 3 aromatic carbocycles. The highest BCUT2D eigenvalue weighted by Crippen LogP contribution is 2.38. The smallest absolute Gasteiger partial charge is 0.306 e. The van der Waals surface area contributed by atoms with E-state index in [-0.39, 0.29) is 22.0 Å². The van der Waals surface area contributed by atoms with Crippen LogP contribution in [-0.2, 0) is 4.79 Å². The highest BCUT2D eigenvalue weighted by Gasteiger charge is 2.30. The molecule has 2 N–H and O–H groups in total. The second-order valence-corrected chi connectivity index (χ2v) is 10.5. The Morgan fingerprint density at radius 1 is 1.18 bits per heavy atom. The van der Waals surface area contributed by atoms with E-state index in [2.05, 4.69) is 10.3 Å². The molecule has 4 aromatic rings. The van der Waals surface area contributed by atoms with E-state index in [0.717, 1.165) is 26.9 Å². The third-order valence-corrected chi connectivity index (χ3v) is 8.08. The summed E-state index contributed by atoms with van der Waals surface area (Å²) < 4.78 is 6.45. The van der Waals surface area contributed by atoms with E-state index in [0.29, 0.717) is 37.4 Å². The first-order chi connectivity index (χ1) is 18.7. The first-order valence-electron chi connectivity index (χ1n) is 12.1. The fourth-order valence-corrected chi connectivity index (χ4v) is 5.82. The molecule has 0 atom stereocenters. The van der Waals surface area contributed by atoms with Crippen LogP contribution in [0, 0.1) is 16.0 Å². The van der Waals surface area contributed by atoms with Gasteiger partial charge in [0.05, 0.1) is 44.4 Å². The van der Waals surface area contributed by atoms with E-state index in [1.165, 1.54) is 24.5 Å². The van der Waals surface area contributed by atoms with Crippen LogP contribution in [0.1, 0.15) is 23.2 Å². The topological polar surface area (TPSA) is 135 Å². The van der Waals surface area contributed by atoms with E-state index in [9.17, 15) is 24.8 Å². The number of hydrogen-bond donors (Lipinski definition) is 2. The van der Waals surface area contributed by atoms with E-state index in [1.54, 1.807) is 17.0 Å². The van der Waals surface area contributed by atoms with Crippen molar-refractivity contribution in [1.29, 1.82) is 0 Å². The van der Waals surface area contributed by atoms with Crippen LogP contribution in [0.4, 0.5) is 17.1 Å². The average molecular weight is 567 g/mol. The van der Waals surface area contributed by atoms with Crippen LogP contribution in [0.3, 0.4) is 0 Å². The minimum Gasteiger partial charge on any atom is -0.495 e. The van der Waals surface area contributed by atoms with Gasteiger partial charge in [-0.1, -0.05) is 23.7 Å². The van der Waals surface area contributed by atoms with E-state index in [1.807, 2.05) is 30.3 Å². The van der Waals surface area contributed by atoms with Gasteiger partial charge >= 0.3 is 5.97 Å². The molecule has 10 nitrogen and oxygen atoms in total. The molecule has 0 bridgehead atoms. The molecule has 1 fully saturated rings. The van der Waals surface area contributed by atoms with Crippen LogP contribution in [0.15, 0.2) is 54.6 Å². The van der Waals surface area contributed by atoms with Gasteiger partial charge in [0.1, 0.15) is 16.4 Å². The monoisotopic (exact) mass is 566 g/mol. The molecule has 39 heavy (non-hydrogen) atoms. The molecular formula is C27H23ClN4O6S. The molecule has 1 aliphatic rings. The third kappa shape index (κ3) is 5.36. The summed E-state index contributed by atoms with van der Waals surface area (Å²) in [4.78, 5) is 42.4. The van der Waals surface area contributed by atoms with Gasteiger partial charge < -0.3 is 20.1 Å². The highest BCUT2D eigenvalue weighted by molar-refractivity contribution is 7.21. The number of thiazole rings is 1. The summed E-state index contributed by atoms with van der Waals surface area (Å²) in [5.74, 6) is -1.61. The number of nitrogens with one attached hydrogen (secondary N) is 1. The molecule has 200 valence electrons. The Labute approximate surface area is 231 Å². The van der Waals surface area contributed by atoms with Crippen LogP contribution in [-0.4, -0.2) is 47.1 Å². The molecule has 0 unspecified atom stereocenters. The number of halogens is 1. The maximum Gasteiger partial charge on any atom is 0.306 e. The lowest BCUT2D eigenvalue weighted by molar-refractivity contribution is -0.384. The van der Waals surface area contributed by atoms with E-state index >= 15 is 0 Å². The van der Waals surface area contributed by atoms with Crippen molar-refractivity contribution in [3.8, 4) is 16.3 Å². The fourth-order valence-electron chi connectivity index (χ4n) is 4.62. The van der Waals surface area contributed by atoms with Crippen molar-refractivity contribution >= 4 is 62.1 Å². The number of methoxy groups -OCH3 is 1. The van der Waals surface area contributed by atoms with Crippen molar-refractivity contribution in [3.05, 3.63) is 75.3 Å². The largest absolute Gasteiger partial charge is 0.495 e. The number of nitrogens with zero attached hydrogens (tertiary/aromatic N) is 3. The maximum absolute atomic E-state index is 13.3. The van der Waals surface area contributed by atoms with Crippen LogP contribution in [0.5, 0.6) is 5.75 Å². The number of ether oxygens (including phenoxy) is 1. The number of carbonyl (C=O) groups excluding carboxylic acids is 1. The molecule has 0 saturated carbocycles. The summed E-state index contributed by atoms with van der Waals surface area (Å²) >= 11 is 7.98. The molecule has 0 aliphatic carbocycles. The number of carboxylic acid groups (broad SMARTS) is 1. The van der Waals surface area contributed by atoms with Gasteiger partial charge in [-0.2, -0.15) is 0 Å². The Morgan fingerprint density at radius 2 is 1.92 bits per heavy atom. The summed E-state index contributed by atoms with van der Waals surface area (Å²) in [6.45, 7) is 0.658. The number of nitro groups is 1. The fraction of sp³-hybridized carbons (Fsp3) is 0.222. The van der Waals surface area contributed by atoms with Gasteiger partial charge in [-0.15, -0.1) is 11.3 Å². The number of aliphatic carboxylic acids is 1. The first kappa shape index (κ1) is 26.4. The zero-order chi connectivity index (χ0) is 27.7. The van der Waals surface area contributed by atoms with Crippen LogP contribution in [0.2, 0.25) is 5.02 Å². The summed E-state index contributed by atoms with van der Waals surface area (Å²) in [7, 11) is 1.47. The molecule has 1 aromatic heterocycles. The standard InChI is InChI=1S/C27H23ClN4O6S/c1-38-23-7-6-16(26-30-19-4-2-3-5-24(19)39-26)12-20(23)29-25(33)17-13-22(32(36)37)21(14-18(17)28)31-10-8-15(9-11-31)27(34)35/h2-7,12-15H,8-11H2,1H3,(H,29,33)(H,34,35). The Balaban J connectivity index is 1.44. The predicted octanol–water partition coefficient (Wildman–Crippen LogP) is 6.09. The lowest BCUT2D eigenvalue weighted by Gasteiger charge is -2.31. The number of carboxylic acids is 1. The SMILES string of the molecule is COc1ccc(-c2nc3ccccc3s2)cc1NC(=O)c1cc([N+](=O)[O-])c(N2CCC(C(=O)O)CC2)cc1Cl. The lowest BCUT2D eigenvalue weighted by Crippen LogP contribution is -2.36. The number of anilines is 2. The number of aromatic nitrogens is 1. The van der Waals surface area contributed by atoms with Crippen molar-refractivity contribution < 1.29 is 24.4 Å². The van der Waals surface area contributed by atoms with Crippen molar-refractivity contribution in [1.82, 2.24) is 4.98 Å². The molecule has 12 heteroatoms. The van der Waals surface area contributed by atoms with Crippen molar-refractivity contribution in [2.75, 3.05) is 30.4 Å². The Hall–Kier alpha value is -4.22. The maximum atomic E-state index is 13.3. The van der Waals surface area contributed by atoms with E-state index < -0.39 is 22.7 Å². The number of para-hydroxylation sites is 1. The average Bonchev–Trinajstić information content (AvgIpc) is 3.37. The Bertz CT molecular complexity index is 1570. The minimum absolute atomic E-state index is 0.0368. The van der Waals surface area contributed by atoms with Gasteiger partial charge in [-0.3, -0.25) is 19.7 Å². The van der Waals surface area contributed by atoms with Crippen LogP contribution < -0.4 is 15.0 Å². The van der Waals surface area contributed by atoms with Crippen molar-refractivity contribution in [2.45, 2.75) is 12.8 Å².